The van der Waals surface area contributed by atoms with Crippen molar-refractivity contribution >= 4 is 18.1 Å². The molecule has 1 N–H and O–H groups in total. The summed E-state index contributed by atoms with van der Waals surface area (Å²) in [4.78, 5) is 26.4. The maximum atomic E-state index is 11.6. The van der Waals surface area contributed by atoms with Gasteiger partial charge in [-0.1, -0.05) is 30.3 Å². The van der Waals surface area contributed by atoms with E-state index in [1.807, 2.05) is 0 Å². The van der Waals surface area contributed by atoms with Gasteiger partial charge in [0.25, 0.3) is 5.91 Å². The smallest absolute Gasteiger partial charge is 0.289 e. The number of benzene rings is 1. The highest BCUT2D eigenvalue weighted by Crippen LogP contribution is 2.04. The van der Waals surface area contributed by atoms with Crippen LogP contribution in [0.25, 0.3) is 0 Å². The summed E-state index contributed by atoms with van der Waals surface area (Å²) in [5, 5.41) is 14.6. The third kappa shape index (κ3) is 3.26. The lowest BCUT2D eigenvalue weighted by molar-refractivity contribution is -0.255. The average Bonchev–Trinajstić information content (AvgIpc) is 2.48. The van der Waals surface area contributed by atoms with Crippen molar-refractivity contribution < 1.29 is 14.7 Å². The van der Waals surface area contributed by atoms with Crippen molar-refractivity contribution in [1.29, 1.82) is 0 Å². The number of pyridine rings is 1. The topological polar surface area (TPSA) is 94.5 Å². The molecule has 0 fully saturated rings. The van der Waals surface area contributed by atoms with Crippen LogP contribution in [0.1, 0.15) is 26.4 Å². The predicted octanol–water partition coefficient (Wildman–Crippen LogP) is 0.209. The largest absolute Gasteiger partial charge is 0.545 e. The molecule has 0 spiro atoms. The summed E-state index contributed by atoms with van der Waals surface area (Å²) >= 11 is 0. The number of amides is 1. The first-order valence-corrected chi connectivity index (χ1v) is 5.73. The molecule has 0 saturated heterocycles. The number of carbonyl (C=O) groups excluding carboxylic acids is 2. The van der Waals surface area contributed by atoms with Crippen molar-refractivity contribution in [2.75, 3.05) is 0 Å². The molecule has 0 aliphatic carbocycles. The molecule has 6 heteroatoms. The first kappa shape index (κ1) is 13.4. The highest BCUT2D eigenvalue weighted by atomic mass is 16.4. The molecule has 2 aromatic rings. The van der Waals surface area contributed by atoms with E-state index in [9.17, 15) is 14.7 Å². The van der Waals surface area contributed by atoms with Crippen LogP contribution < -0.4 is 10.5 Å². The number of hydrazone groups is 1. The predicted molar refractivity (Wildman–Crippen MR) is 70.1 cm³/mol. The minimum absolute atomic E-state index is 0.00309. The Hall–Kier alpha value is -3.02. The molecule has 0 unspecified atom stereocenters. The Balaban J connectivity index is 2.08. The zero-order valence-corrected chi connectivity index (χ0v) is 10.3. The Morgan fingerprint density at radius 3 is 2.60 bits per heavy atom. The van der Waals surface area contributed by atoms with E-state index < -0.39 is 11.9 Å². The van der Waals surface area contributed by atoms with Crippen molar-refractivity contribution in [2.24, 2.45) is 5.10 Å². The summed E-state index contributed by atoms with van der Waals surface area (Å²) in [6.45, 7) is 0. The minimum atomic E-state index is -1.30. The van der Waals surface area contributed by atoms with Crippen LogP contribution in [0.3, 0.4) is 0 Å². The van der Waals surface area contributed by atoms with E-state index in [1.54, 1.807) is 36.4 Å². The van der Waals surface area contributed by atoms with Crippen molar-refractivity contribution in [2.45, 2.75) is 0 Å². The Kier molecular flexibility index (Phi) is 4.18. The molecule has 0 aliphatic rings. The summed E-state index contributed by atoms with van der Waals surface area (Å²) in [5.41, 5.74) is 2.83. The van der Waals surface area contributed by atoms with Crippen molar-refractivity contribution in [3.05, 3.63) is 65.5 Å². The Morgan fingerprint density at radius 1 is 1.15 bits per heavy atom. The van der Waals surface area contributed by atoms with Crippen LogP contribution in [-0.4, -0.2) is 23.1 Å². The monoisotopic (exact) mass is 268 g/mol. The van der Waals surface area contributed by atoms with Gasteiger partial charge in [-0.15, -0.1) is 0 Å². The molecule has 1 amide bonds. The summed E-state index contributed by atoms with van der Waals surface area (Å²) in [6, 6.07) is 11.1. The fourth-order valence-electron chi connectivity index (χ4n) is 1.51. The molecular formula is C14H10N3O3-. The fraction of sp³-hybridized carbons (Fsp3) is 0. The zero-order chi connectivity index (χ0) is 14.4. The number of hydrogen-bond donors (Lipinski definition) is 1. The van der Waals surface area contributed by atoms with Crippen molar-refractivity contribution in [1.82, 2.24) is 10.4 Å². The number of nitrogens with one attached hydrogen (secondary N) is 1. The minimum Gasteiger partial charge on any atom is -0.545 e. The van der Waals surface area contributed by atoms with Gasteiger partial charge in [-0.25, -0.2) is 5.43 Å². The number of rotatable bonds is 4. The molecule has 0 radical (unpaired) electrons. The fourth-order valence-corrected chi connectivity index (χ4v) is 1.51. The van der Waals surface area contributed by atoms with E-state index >= 15 is 0 Å². The summed E-state index contributed by atoms with van der Waals surface area (Å²) < 4.78 is 0. The highest BCUT2D eigenvalue weighted by molar-refractivity contribution is 5.98. The first-order valence-electron chi connectivity index (χ1n) is 5.73. The zero-order valence-electron chi connectivity index (χ0n) is 10.3. The number of nitrogens with zero attached hydrogens (tertiary/aromatic N) is 2. The number of carboxylic acid groups (broad SMARTS) is 1. The van der Waals surface area contributed by atoms with Crippen LogP contribution >= 0.6 is 0 Å². The average molecular weight is 268 g/mol. The van der Waals surface area contributed by atoms with Gasteiger partial charge in [0.1, 0.15) is 5.69 Å². The van der Waals surface area contributed by atoms with Crippen LogP contribution in [0.5, 0.6) is 0 Å². The second kappa shape index (κ2) is 6.24. The third-order valence-corrected chi connectivity index (χ3v) is 2.45. The van der Waals surface area contributed by atoms with Crippen LogP contribution in [0.4, 0.5) is 0 Å². The van der Waals surface area contributed by atoms with Crippen LogP contribution in [0, 0.1) is 0 Å². The summed E-state index contributed by atoms with van der Waals surface area (Å²) in [7, 11) is 0. The molecule has 0 saturated carbocycles. The molecule has 1 aromatic heterocycles. The lowest BCUT2D eigenvalue weighted by Gasteiger charge is -2.05. The van der Waals surface area contributed by atoms with Crippen molar-refractivity contribution in [3.63, 3.8) is 0 Å². The van der Waals surface area contributed by atoms with E-state index in [0.717, 1.165) is 0 Å². The first-order chi connectivity index (χ1) is 9.68. The maximum absolute atomic E-state index is 11.6. The van der Waals surface area contributed by atoms with Gasteiger partial charge in [0, 0.05) is 17.3 Å². The van der Waals surface area contributed by atoms with Gasteiger partial charge in [-0.05, 0) is 12.1 Å². The number of carbonyl (C=O) groups is 2. The van der Waals surface area contributed by atoms with Gasteiger partial charge in [-0.2, -0.15) is 5.10 Å². The van der Waals surface area contributed by atoms with Gasteiger partial charge in [0.2, 0.25) is 0 Å². The number of hydrogen-bond acceptors (Lipinski definition) is 5. The number of aromatic carboxylic acids is 1. The third-order valence-electron chi connectivity index (χ3n) is 2.45. The van der Waals surface area contributed by atoms with E-state index in [-0.39, 0.29) is 11.3 Å². The van der Waals surface area contributed by atoms with Crippen LogP contribution in [0.15, 0.2) is 53.8 Å². The van der Waals surface area contributed by atoms with Crippen LogP contribution in [-0.2, 0) is 0 Å². The normalized spacial score (nSPS) is 10.4. The second-order valence-electron chi connectivity index (χ2n) is 3.79. The molecule has 100 valence electrons. The summed E-state index contributed by atoms with van der Waals surface area (Å²) in [6.07, 6.45) is 2.73. The molecule has 2 rings (SSSR count). The lowest BCUT2D eigenvalue weighted by atomic mass is 10.1. The molecule has 1 heterocycles. The van der Waals surface area contributed by atoms with Gasteiger partial charge in [-0.3, -0.25) is 9.78 Å². The Labute approximate surface area is 114 Å². The molecule has 20 heavy (non-hydrogen) atoms. The Bertz CT molecular complexity index is 654. The summed E-state index contributed by atoms with van der Waals surface area (Å²) in [5.74, 6) is -1.78. The molecule has 6 nitrogen and oxygen atoms in total. The van der Waals surface area contributed by atoms with Gasteiger partial charge in [0.05, 0.1) is 12.2 Å². The van der Waals surface area contributed by atoms with Gasteiger partial charge >= 0.3 is 0 Å². The number of aromatic nitrogens is 1. The molecule has 1 aromatic carbocycles. The Morgan fingerprint density at radius 2 is 1.90 bits per heavy atom. The van der Waals surface area contributed by atoms with Crippen LogP contribution in [0.2, 0.25) is 0 Å². The van der Waals surface area contributed by atoms with E-state index in [0.29, 0.717) is 5.56 Å². The SMILES string of the molecule is O=C(N/N=C\c1ccccc1C(=O)[O-])c1ccccn1. The highest BCUT2D eigenvalue weighted by Gasteiger charge is 2.04. The molecule has 0 bridgehead atoms. The molecule has 0 aliphatic heterocycles. The quantitative estimate of drug-likeness (QED) is 0.633. The molecule has 0 atom stereocenters. The van der Waals surface area contributed by atoms with Gasteiger partial charge in [0.15, 0.2) is 0 Å². The lowest BCUT2D eigenvalue weighted by Crippen LogP contribution is -2.24. The standard InChI is InChI=1S/C14H11N3O3/c18-13(12-7-3-4-8-15-12)17-16-9-10-5-1-2-6-11(10)14(19)20/h1-9H,(H,17,18)(H,19,20)/p-1/b16-9-. The number of carboxylic acids is 1. The maximum Gasteiger partial charge on any atom is 0.289 e. The second-order valence-corrected chi connectivity index (χ2v) is 3.79. The van der Waals surface area contributed by atoms with E-state index in [2.05, 4.69) is 15.5 Å². The van der Waals surface area contributed by atoms with Gasteiger partial charge < -0.3 is 9.90 Å². The molecular weight excluding hydrogens is 258 g/mol. The van der Waals surface area contributed by atoms with E-state index in [1.165, 1.54) is 18.5 Å². The van der Waals surface area contributed by atoms with Crippen molar-refractivity contribution in [3.8, 4) is 0 Å². The van der Waals surface area contributed by atoms with E-state index in [4.69, 9.17) is 0 Å².